The van der Waals surface area contributed by atoms with Crippen molar-refractivity contribution in [2.45, 2.75) is 51.7 Å². The lowest BCUT2D eigenvalue weighted by Gasteiger charge is -2.61. The van der Waals surface area contributed by atoms with E-state index in [2.05, 4.69) is 60.0 Å². The van der Waals surface area contributed by atoms with E-state index in [0.717, 1.165) is 13.0 Å². The predicted molar refractivity (Wildman–Crippen MR) is 87.6 cm³/mol. The molecule has 3 rings (SSSR count). The molecule has 2 fully saturated rings. The molecule has 2 nitrogen and oxygen atoms in total. The Kier molecular flexibility index (Phi) is 3.78. The zero-order valence-corrected chi connectivity index (χ0v) is 13.9. The lowest BCUT2D eigenvalue weighted by Crippen LogP contribution is -2.64. The zero-order valence-electron chi connectivity index (χ0n) is 11.7. The maximum Gasteiger partial charge on any atom is 0.0670 e. The molecule has 2 aliphatic carbocycles. The first-order valence-electron chi connectivity index (χ1n) is 7.30. The van der Waals surface area contributed by atoms with Crippen molar-refractivity contribution in [2.75, 3.05) is 11.9 Å². The summed E-state index contributed by atoms with van der Waals surface area (Å²) in [6.45, 7) is 5.12. The maximum atomic E-state index is 5.90. The predicted octanol–water partition coefficient (Wildman–Crippen LogP) is 4.36. The van der Waals surface area contributed by atoms with Gasteiger partial charge in [0.25, 0.3) is 0 Å². The quantitative estimate of drug-likeness (QED) is 0.795. The molecular formula is C16H22INO. The fourth-order valence-electron chi connectivity index (χ4n) is 3.52. The van der Waals surface area contributed by atoms with Crippen LogP contribution in [0.5, 0.6) is 0 Å². The number of anilines is 1. The van der Waals surface area contributed by atoms with Crippen LogP contribution in [0.3, 0.4) is 0 Å². The average molecular weight is 371 g/mol. The van der Waals surface area contributed by atoms with Gasteiger partial charge in [0.05, 0.1) is 6.10 Å². The molecule has 0 saturated heterocycles. The molecule has 0 heterocycles. The van der Waals surface area contributed by atoms with Gasteiger partial charge in [-0.1, -0.05) is 12.5 Å². The summed E-state index contributed by atoms with van der Waals surface area (Å²) in [5.74, 6) is 0. The Balaban J connectivity index is 1.69. The molecule has 19 heavy (non-hydrogen) atoms. The number of hydrogen-bond acceptors (Lipinski definition) is 2. The van der Waals surface area contributed by atoms with Crippen LogP contribution in [0, 0.1) is 15.9 Å². The van der Waals surface area contributed by atoms with E-state index in [0.29, 0.717) is 17.6 Å². The number of rotatable bonds is 4. The van der Waals surface area contributed by atoms with Gasteiger partial charge in [-0.15, -0.1) is 0 Å². The third-order valence-electron chi connectivity index (χ3n) is 4.95. The highest BCUT2D eigenvalue weighted by molar-refractivity contribution is 14.1. The molecule has 1 aromatic carbocycles. The van der Waals surface area contributed by atoms with E-state index in [1.807, 2.05) is 0 Å². The van der Waals surface area contributed by atoms with Crippen molar-refractivity contribution in [3.05, 3.63) is 27.3 Å². The van der Waals surface area contributed by atoms with Crippen LogP contribution in [0.2, 0.25) is 0 Å². The summed E-state index contributed by atoms with van der Waals surface area (Å²) < 4.78 is 7.24. The van der Waals surface area contributed by atoms with Crippen molar-refractivity contribution in [2.24, 2.45) is 5.41 Å². The Hall–Kier alpha value is -0.290. The average Bonchev–Trinajstić information content (AvgIpc) is 2.30. The second-order valence-corrected chi connectivity index (χ2v) is 7.09. The van der Waals surface area contributed by atoms with Gasteiger partial charge in [0, 0.05) is 27.3 Å². The van der Waals surface area contributed by atoms with Crippen LogP contribution < -0.4 is 5.32 Å². The van der Waals surface area contributed by atoms with E-state index in [-0.39, 0.29) is 0 Å². The number of nitrogens with one attached hydrogen (secondary N) is 1. The highest BCUT2D eigenvalue weighted by atomic mass is 127. The van der Waals surface area contributed by atoms with E-state index >= 15 is 0 Å². The van der Waals surface area contributed by atoms with Crippen molar-refractivity contribution >= 4 is 28.3 Å². The van der Waals surface area contributed by atoms with Gasteiger partial charge in [-0.25, -0.2) is 0 Å². The molecule has 104 valence electrons. The third kappa shape index (κ3) is 2.29. The summed E-state index contributed by atoms with van der Waals surface area (Å²) in [4.78, 5) is 0. The fourth-order valence-corrected chi connectivity index (χ4v) is 4.04. The summed E-state index contributed by atoms with van der Waals surface area (Å²) >= 11 is 2.41. The van der Waals surface area contributed by atoms with Gasteiger partial charge in [-0.05, 0) is 73.4 Å². The Morgan fingerprint density at radius 2 is 2.21 bits per heavy atom. The Bertz CT molecular complexity index is 470. The molecule has 1 aromatic rings. The first kappa shape index (κ1) is 13.7. The van der Waals surface area contributed by atoms with Gasteiger partial charge in [0.1, 0.15) is 0 Å². The van der Waals surface area contributed by atoms with Crippen LogP contribution in [0.1, 0.15) is 38.2 Å². The molecule has 0 aliphatic heterocycles. The van der Waals surface area contributed by atoms with Gasteiger partial charge < -0.3 is 10.1 Å². The monoisotopic (exact) mass is 371 g/mol. The van der Waals surface area contributed by atoms with E-state index in [1.165, 1.54) is 34.1 Å². The van der Waals surface area contributed by atoms with Gasteiger partial charge in [0.2, 0.25) is 0 Å². The standard InChI is InChI=1S/C16H22INO/c1-3-19-15-10-14(16(15)7-4-8-16)18-12-6-5-11(2)13(17)9-12/h5-6,9,14-15,18H,3-4,7-8,10H2,1-2H3. The molecule has 3 heteroatoms. The molecule has 2 atom stereocenters. The second-order valence-electron chi connectivity index (χ2n) is 5.93. The summed E-state index contributed by atoms with van der Waals surface area (Å²) in [7, 11) is 0. The Morgan fingerprint density at radius 3 is 2.79 bits per heavy atom. The molecule has 1 N–H and O–H groups in total. The van der Waals surface area contributed by atoms with Crippen molar-refractivity contribution in [3.63, 3.8) is 0 Å². The van der Waals surface area contributed by atoms with Crippen LogP contribution in [-0.4, -0.2) is 18.8 Å². The molecule has 0 aromatic heterocycles. The highest BCUT2D eigenvalue weighted by Crippen LogP contribution is 2.58. The SMILES string of the molecule is CCOC1CC(Nc2ccc(C)c(I)c2)C12CCC2. The van der Waals surface area contributed by atoms with Crippen LogP contribution in [-0.2, 0) is 4.74 Å². The topological polar surface area (TPSA) is 21.3 Å². The highest BCUT2D eigenvalue weighted by Gasteiger charge is 2.58. The molecule has 0 amide bonds. The second kappa shape index (κ2) is 5.24. The van der Waals surface area contributed by atoms with Crippen LogP contribution in [0.4, 0.5) is 5.69 Å². The lowest BCUT2D eigenvalue weighted by molar-refractivity contribution is -0.157. The molecule has 1 spiro atoms. The number of halogens is 1. The minimum Gasteiger partial charge on any atom is -0.382 e. The van der Waals surface area contributed by atoms with Crippen LogP contribution >= 0.6 is 22.6 Å². The van der Waals surface area contributed by atoms with Crippen molar-refractivity contribution in [1.29, 1.82) is 0 Å². The van der Waals surface area contributed by atoms with Gasteiger partial charge in [-0.3, -0.25) is 0 Å². The normalized spacial score (nSPS) is 27.7. The lowest BCUT2D eigenvalue weighted by atomic mass is 9.51. The minimum atomic E-state index is 0.437. The van der Waals surface area contributed by atoms with Crippen LogP contribution in [0.25, 0.3) is 0 Å². The molecule has 0 radical (unpaired) electrons. The van der Waals surface area contributed by atoms with Crippen molar-refractivity contribution in [3.8, 4) is 0 Å². The van der Waals surface area contributed by atoms with E-state index in [9.17, 15) is 0 Å². The first-order chi connectivity index (χ1) is 9.15. The smallest absolute Gasteiger partial charge is 0.0670 e. The maximum absolute atomic E-state index is 5.90. The molecule has 2 aliphatic rings. The van der Waals surface area contributed by atoms with Crippen molar-refractivity contribution < 1.29 is 4.74 Å². The first-order valence-corrected chi connectivity index (χ1v) is 8.38. The summed E-state index contributed by atoms with van der Waals surface area (Å²) in [5, 5.41) is 3.74. The van der Waals surface area contributed by atoms with Gasteiger partial charge in [-0.2, -0.15) is 0 Å². The molecule has 2 unspecified atom stereocenters. The number of ether oxygens (including phenoxy) is 1. The summed E-state index contributed by atoms with van der Waals surface area (Å²) in [6.07, 6.45) is 5.69. The number of aryl methyl sites for hydroxylation is 1. The Morgan fingerprint density at radius 1 is 1.42 bits per heavy atom. The number of hydrogen-bond donors (Lipinski definition) is 1. The van der Waals surface area contributed by atoms with E-state index < -0.39 is 0 Å². The Labute approximate surface area is 129 Å². The largest absolute Gasteiger partial charge is 0.382 e. The molecule has 0 bridgehead atoms. The molecule has 2 saturated carbocycles. The third-order valence-corrected chi connectivity index (χ3v) is 6.11. The summed E-state index contributed by atoms with van der Waals surface area (Å²) in [5.41, 5.74) is 3.05. The number of benzene rings is 1. The molecular weight excluding hydrogens is 349 g/mol. The van der Waals surface area contributed by atoms with E-state index in [4.69, 9.17) is 4.74 Å². The van der Waals surface area contributed by atoms with Crippen molar-refractivity contribution in [1.82, 2.24) is 0 Å². The van der Waals surface area contributed by atoms with E-state index in [1.54, 1.807) is 0 Å². The van der Waals surface area contributed by atoms with Gasteiger partial charge in [0.15, 0.2) is 0 Å². The van der Waals surface area contributed by atoms with Gasteiger partial charge >= 0.3 is 0 Å². The minimum absolute atomic E-state index is 0.437. The van der Waals surface area contributed by atoms with Crippen LogP contribution in [0.15, 0.2) is 18.2 Å². The fraction of sp³-hybridized carbons (Fsp3) is 0.625. The zero-order chi connectivity index (χ0) is 13.5. The summed E-state index contributed by atoms with van der Waals surface area (Å²) in [6, 6.07) is 7.28.